The van der Waals surface area contributed by atoms with Crippen LogP contribution < -0.4 is 0 Å². The van der Waals surface area contributed by atoms with Crippen molar-refractivity contribution in [2.45, 2.75) is 40.2 Å². The molecule has 0 aliphatic heterocycles. The molecule has 82 valence electrons. The van der Waals surface area contributed by atoms with Crippen LogP contribution in [0.1, 0.15) is 34.1 Å². The van der Waals surface area contributed by atoms with Gasteiger partial charge < -0.3 is 9.64 Å². The molecule has 0 N–H and O–H groups in total. The van der Waals surface area contributed by atoms with Crippen molar-refractivity contribution in [2.24, 2.45) is 0 Å². The molecule has 0 heterocycles. The number of carbonyl (C=O) groups is 2. The van der Waals surface area contributed by atoms with E-state index in [0.717, 1.165) is 6.42 Å². The summed E-state index contributed by atoms with van der Waals surface area (Å²) in [5.74, 6) is -1.29. The predicted molar refractivity (Wildman–Crippen MR) is 53.8 cm³/mol. The minimum Gasteiger partial charge on any atom is -0.459 e. The van der Waals surface area contributed by atoms with Gasteiger partial charge in [0.25, 0.3) is 0 Å². The third-order valence-electron chi connectivity index (χ3n) is 2.17. The Balaban J connectivity index is 4.38. The normalized spacial score (nSPS) is 12.0. The molecule has 0 aromatic rings. The molecule has 0 fully saturated rings. The van der Waals surface area contributed by atoms with Gasteiger partial charge in [-0.05, 0) is 27.2 Å². The minimum absolute atomic E-state index is 0.0805. The van der Waals surface area contributed by atoms with Gasteiger partial charge in [-0.25, -0.2) is 4.79 Å². The molecule has 1 unspecified atom stereocenters. The first kappa shape index (κ1) is 12.9. The standard InChI is InChI=1S/C10H19NO3/c1-5-8(4)11(6-2)9(12)10(13)14-7-3/h8H,5-7H2,1-4H3. The second-order valence-electron chi connectivity index (χ2n) is 3.07. The highest BCUT2D eigenvalue weighted by Crippen LogP contribution is 2.04. The van der Waals surface area contributed by atoms with Gasteiger partial charge in [-0.2, -0.15) is 0 Å². The van der Waals surface area contributed by atoms with Crippen molar-refractivity contribution in [2.75, 3.05) is 13.2 Å². The number of likely N-dealkylation sites (N-methyl/N-ethyl adjacent to an activating group) is 1. The largest absolute Gasteiger partial charge is 0.459 e. The highest BCUT2D eigenvalue weighted by Gasteiger charge is 2.24. The van der Waals surface area contributed by atoms with E-state index in [1.54, 1.807) is 6.92 Å². The molecule has 0 rings (SSSR count). The van der Waals surface area contributed by atoms with Gasteiger partial charge in [0.2, 0.25) is 0 Å². The van der Waals surface area contributed by atoms with E-state index < -0.39 is 11.9 Å². The summed E-state index contributed by atoms with van der Waals surface area (Å²) in [6.45, 7) is 8.20. The molecule has 0 aliphatic carbocycles. The van der Waals surface area contributed by atoms with Crippen LogP contribution in [0.3, 0.4) is 0 Å². The Bertz CT molecular complexity index is 204. The molecule has 0 saturated heterocycles. The number of ether oxygens (including phenoxy) is 1. The fourth-order valence-electron chi connectivity index (χ4n) is 1.19. The van der Waals surface area contributed by atoms with E-state index in [0.29, 0.717) is 6.54 Å². The first-order valence-electron chi connectivity index (χ1n) is 5.06. The van der Waals surface area contributed by atoms with E-state index in [2.05, 4.69) is 4.74 Å². The topological polar surface area (TPSA) is 46.6 Å². The fraction of sp³-hybridized carbons (Fsp3) is 0.800. The van der Waals surface area contributed by atoms with Crippen LogP contribution in [0.2, 0.25) is 0 Å². The Morgan fingerprint density at radius 1 is 1.29 bits per heavy atom. The monoisotopic (exact) mass is 201 g/mol. The summed E-state index contributed by atoms with van der Waals surface area (Å²) in [4.78, 5) is 24.2. The summed E-state index contributed by atoms with van der Waals surface area (Å²) in [6.07, 6.45) is 0.832. The molecule has 0 bridgehead atoms. The molecule has 1 atom stereocenters. The van der Waals surface area contributed by atoms with Crippen LogP contribution in [0.5, 0.6) is 0 Å². The van der Waals surface area contributed by atoms with Gasteiger partial charge >= 0.3 is 11.9 Å². The van der Waals surface area contributed by atoms with E-state index in [4.69, 9.17) is 0 Å². The zero-order valence-electron chi connectivity index (χ0n) is 9.37. The van der Waals surface area contributed by atoms with Crippen molar-refractivity contribution < 1.29 is 14.3 Å². The van der Waals surface area contributed by atoms with Gasteiger partial charge in [0, 0.05) is 12.6 Å². The molecule has 0 saturated carbocycles. The van der Waals surface area contributed by atoms with Crippen molar-refractivity contribution >= 4 is 11.9 Å². The van der Waals surface area contributed by atoms with E-state index in [1.807, 2.05) is 20.8 Å². The zero-order valence-corrected chi connectivity index (χ0v) is 9.37. The summed E-state index contributed by atoms with van der Waals surface area (Å²) < 4.78 is 4.65. The van der Waals surface area contributed by atoms with Gasteiger partial charge in [-0.3, -0.25) is 4.79 Å². The second-order valence-corrected chi connectivity index (χ2v) is 3.07. The van der Waals surface area contributed by atoms with Gasteiger partial charge in [-0.15, -0.1) is 0 Å². The van der Waals surface area contributed by atoms with Crippen LogP contribution in [0.15, 0.2) is 0 Å². The Kier molecular flexibility index (Phi) is 5.92. The van der Waals surface area contributed by atoms with Gasteiger partial charge in [0.15, 0.2) is 0 Å². The van der Waals surface area contributed by atoms with Crippen LogP contribution in [0.25, 0.3) is 0 Å². The molecule has 0 aliphatic rings. The molecule has 14 heavy (non-hydrogen) atoms. The lowest BCUT2D eigenvalue weighted by Crippen LogP contribution is -2.42. The maximum atomic E-state index is 11.5. The lowest BCUT2D eigenvalue weighted by Gasteiger charge is -2.25. The number of hydrogen-bond donors (Lipinski definition) is 0. The zero-order chi connectivity index (χ0) is 11.1. The summed E-state index contributed by atoms with van der Waals surface area (Å²) in [7, 11) is 0. The number of esters is 1. The van der Waals surface area contributed by atoms with Crippen LogP contribution in [0, 0.1) is 0 Å². The number of nitrogens with zero attached hydrogens (tertiary/aromatic N) is 1. The lowest BCUT2D eigenvalue weighted by molar-refractivity contribution is -0.160. The van der Waals surface area contributed by atoms with E-state index in [-0.39, 0.29) is 12.6 Å². The predicted octanol–water partition coefficient (Wildman–Crippen LogP) is 1.20. The van der Waals surface area contributed by atoms with Crippen LogP contribution in [0.4, 0.5) is 0 Å². The van der Waals surface area contributed by atoms with Crippen molar-refractivity contribution in [1.29, 1.82) is 0 Å². The SMILES string of the molecule is CCOC(=O)C(=O)N(CC)C(C)CC. The average molecular weight is 201 g/mol. The molecule has 0 spiro atoms. The van der Waals surface area contributed by atoms with E-state index in [1.165, 1.54) is 4.90 Å². The third kappa shape index (κ3) is 3.36. The minimum atomic E-state index is -0.755. The summed E-state index contributed by atoms with van der Waals surface area (Å²) in [6, 6.07) is 0.0805. The van der Waals surface area contributed by atoms with Crippen molar-refractivity contribution in [3.8, 4) is 0 Å². The number of carbonyl (C=O) groups excluding carboxylic acids is 2. The maximum absolute atomic E-state index is 11.5. The van der Waals surface area contributed by atoms with Crippen LogP contribution >= 0.6 is 0 Å². The third-order valence-corrected chi connectivity index (χ3v) is 2.17. The van der Waals surface area contributed by atoms with Crippen LogP contribution in [-0.2, 0) is 14.3 Å². The first-order chi connectivity index (χ1) is 6.58. The van der Waals surface area contributed by atoms with Crippen molar-refractivity contribution in [3.05, 3.63) is 0 Å². The van der Waals surface area contributed by atoms with E-state index >= 15 is 0 Å². The molecular formula is C10H19NO3. The summed E-state index contributed by atoms with van der Waals surface area (Å²) >= 11 is 0. The van der Waals surface area contributed by atoms with Crippen molar-refractivity contribution in [1.82, 2.24) is 4.90 Å². The highest BCUT2D eigenvalue weighted by atomic mass is 16.5. The summed E-state index contributed by atoms with van der Waals surface area (Å²) in [5, 5.41) is 0. The summed E-state index contributed by atoms with van der Waals surface area (Å²) in [5.41, 5.74) is 0. The Hall–Kier alpha value is -1.06. The Morgan fingerprint density at radius 3 is 2.21 bits per heavy atom. The molecule has 1 amide bonds. The first-order valence-corrected chi connectivity index (χ1v) is 5.06. The van der Waals surface area contributed by atoms with E-state index in [9.17, 15) is 9.59 Å². The quantitative estimate of drug-likeness (QED) is 0.507. The molecule has 0 aromatic heterocycles. The van der Waals surface area contributed by atoms with Gasteiger partial charge in [-0.1, -0.05) is 6.92 Å². The van der Waals surface area contributed by atoms with Crippen molar-refractivity contribution in [3.63, 3.8) is 0 Å². The fourth-order valence-corrected chi connectivity index (χ4v) is 1.19. The highest BCUT2D eigenvalue weighted by molar-refractivity contribution is 6.32. The number of amides is 1. The Morgan fingerprint density at radius 2 is 1.86 bits per heavy atom. The molecule has 4 heteroatoms. The average Bonchev–Trinajstić information content (AvgIpc) is 2.18. The second kappa shape index (κ2) is 6.40. The molecule has 0 aromatic carbocycles. The maximum Gasteiger partial charge on any atom is 0.397 e. The van der Waals surface area contributed by atoms with Gasteiger partial charge in [0.05, 0.1) is 6.61 Å². The molecular weight excluding hydrogens is 182 g/mol. The lowest BCUT2D eigenvalue weighted by atomic mass is 10.2. The number of rotatable bonds is 4. The smallest absolute Gasteiger partial charge is 0.397 e. The van der Waals surface area contributed by atoms with Crippen LogP contribution in [-0.4, -0.2) is 36.0 Å². The van der Waals surface area contributed by atoms with Gasteiger partial charge in [0.1, 0.15) is 0 Å². The Labute approximate surface area is 85.2 Å². The molecule has 4 nitrogen and oxygen atoms in total. The molecule has 0 radical (unpaired) electrons. The number of hydrogen-bond acceptors (Lipinski definition) is 3.